The molecule has 1 heterocycles. The number of hydrogen-bond acceptors (Lipinski definition) is 6. The zero-order chi connectivity index (χ0) is 15.2. The molecular weight excluding hydrogens is 282 g/mol. The highest BCUT2D eigenvalue weighted by molar-refractivity contribution is 5.76. The van der Waals surface area contributed by atoms with Gasteiger partial charge in [-0.1, -0.05) is 0 Å². The van der Waals surface area contributed by atoms with E-state index < -0.39 is 11.1 Å². The summed E-state index contributed by atoms with van der Waals surface area (Å²) in [4.78, 5) is 34.0. The quantitative estimate of drug-likeness (QED) is 0.377. The Labute approximate surface area is 119 Å². The molecule has 1 aliphatic heterocycles. The highest BCUT2D eigenvalue weighted by atomic mass is 16.7. The van der Waals surface area contributed by atoms with Gasteiger partial charge in [0.1, 0.15) is 12.4 Å². The Balaban J connectivity index is 1.74. The number of non-ortho nitro benzene ring substituents is 1. The largest absolute Gasteiger partial charge is 0.513 e. The zero-order valence-corrected chi connectivity index (χ0v) is 11.0. The molecule has 1 N–H and O–H groups in total. The Hall–Kier alpha value is -2.84. The molecule has 2 rings (SSSR count). The van der Waals surface area contributed by atoms with Gasteiger partial charge < -0.3 is 19.7 Å². The molecular formula is C12H13N3O6. The van der Waals surface area contributed by atoms with Crippen molar-refractivity contribution >= 4 is 17.9 Å². The van der Waals surface area contributed by atoms with Crippen LogP contribution in [0.1, 0.15) is 0 Å². The van der Waals surface area contributed by atoms with Gasteiger partial charge in [0.05, 0.1) is 11.5 Å². The molecule has 1 fully saturated rings. The summed E-state index contributed by atoms with van der Waals surface area (Å²) in [6.45, 7) is 1.44. The van der Waals surface area contributed by atoms with Crippen molar-refractivity contribution in [2.45, 2.75) is 0 Å². The van der Waals surface area contributed by atoms with Crippen LogP contribution in [0.25, 0.3) is 0 Å². The van der Waals surface area contributed by atoms with E-state index in [4.69, 9.17) is 9.47 Å². The molecule has 112 valence electrons. The molecule has 1 aromatic rings. The number of ether oxygens (including phenoxy) is 2. The highest BCUT2D eigenvalue weighted by Crippen LogP contribution is 2.17. The molecule has 0 aromatic heterocycles. The fourth-order valence-electron chi connectivity index (χ4n) is 1.73. The predicted octanol–water partition coefficient (Wildman–Crippen LogP) is 1.14. The standard InChI is InChI=1S/C12H13N3O6/c16-11-13-5-6-14(11)7-8-20-12(17)21-10-3-1-9(2-4-10)15(18)19/h1-4H,5-8H2,(H,13,16). The molecule has 9 heteroatoms. The van der Waals surface area contributed by atoms with E-state index >= 15 is 0 Å². The van der Waals surface area contributed by atoms with Gasteiger partial charge in [-0.2, -0.15) is 0 Å². The highest BCUT2D eigenvalue weighted by Gasteiger charge is 2.19. The van der Waals surface area contributed by atoms with Crippen LogP contribution in [0, 0.1) is 10.1 Å². The van der Waals surface area contributed by atoms with Crippen LogP contribution in [0.15, 0.2) is 24.3 Å². The molecule has 21 heavy (non-hydrogen) atoms. The zero-order valence-electron chi connectivity index (χ0n) is 11.0. The number of nitrogens with zero attached hydrogens (tertiary/aromatic N) is 2. The number of carbonyl (C=O) groups excluding carboxylic acids is 2. The second-order valence-electron chi connectivity index (χ2n) is 4.17. The Kier molecular flexibility index (Phi) is 4.54. The number of nitro groups is 1. The molecule has 0 bridgehead atoms. The number of nitrogens with one attached hydrogen (secondary N) is 1. The van der Waals surface area contributed by atoms with E-state index in [2.05, 4.69) is 5.32 Å². The lowest BCUT2D eigenvalue weighted by molar-refractivity contribution is -0.384. The van der Waals surface area contributed by atoms with E-state index in [1.807, 2.05) is 0 Å². The maximum absolute atomic E-state index is 11.4. The van der Waals surface area contributed by atoms with Crippen LogP contribution >= 0.6 is 0 Å². The van der Waals surface area contributed by atoms with E-state index in [1.54, 1.807) is 0 Å². The van der Waals surface area contributed by atoms with Gasteiger partial charge in [-0.25, -0.2) is 9.59 Å². The summed E-state index contributed by atoms with van der Waals surface area (Å²) < 4.78 is 9.66. The van der Waals surface area contributed by atoms with Gasteiger partial charge in [0.2, 0.25) is 0 Å². The lowest BCUT2D eigenvalue weighted by Crippen LogP contribution is -2.32. The number of urea groups is 1. The number of carbonyl (C=O) groups is 2. The second kappa shape index (κ2) is 6.55. The van der Waals surface area contributed by atoms with E-state index in [-0.39, 0.29) is 30.6 Å². The average Bonchev–Trinajstić information content (AvgIpc) is 2.85. The second-order valence-corrected chi connectivity index (χ2v) is 4.17. The van der Waals surface area contributed by atoms with Crippen molar-refractivity contribution in [3.8, 4) is 5.75 Å². The Morgan fingerprint density at radius 1 is 1.38 bits per heavy atom. The number of benzene rings is 1. The number of hydrogen-bond donors (Lipinski definition) is 1. The monoisotopic (exact) mass is 295 g/mol. The minimum absolute atomic E-state index is 0.0131. The number of nitro benzene ring substituents is 1. The van der Waals surface area contributed by atoms with Gasteiger partial charge in [-0.15, -0.1) is 0 Å². The van der Waals surface area contributed by atoms with Crippen LogP contribution in [0.2, 0.25) is 0 Å². The summed E-state index contributed by atoms with van der Waals surface area (Å²) >= 11 is 0. The molecule has 9 nitrogen and oxygen atoms in total. The summed E-state index contributed by atoms with van der Waals surface area (Å²) in [6.07, 6.45) is -0.927. The van der Waals surface area contributed by atoms with Gasteiger partial charge >= 0.3 is 12.2 Å². The number of rotatable bonds is 5. The van der Waals surface area contributed by atoms with E-state index in [1.165, 1.54) is 29.2 Å². The molecule has 1 saturated heterocycles. The maximum Gasteiger partial charge on any atom is 0.513 e. The topological polar surface area (TPSA) is 111 Å². The van der Waals surface area contributed by atoms with Gasteiger partial charge in [0.15, 0.2) is 0 Å². The predicted molar refractivity (Wildman–Crippen MR) is 70.0 cm³/mol. The molecule has 1 aliphatic rings. The van der Waals surface area contributed by atoms with Crippen LogP contribution < -0.4 is 10.1 Å². The summed E-state index contributed by atoms with van der Waals surface area (Å²) in [5, 5.41) is 13.1. The van der Waals surface area contributed by atoms with Crippen LogP contribution in [0.3, 0.4) is 0 Å². The fraction of sp³-hybridized carbons (Fsp3) is 0.333. The molecule has 1 aromatic carbocycles. The van der Waals surface area contributed by atoms with E-state index in [9.17, 15) is 19.7 Å². The first-order chi connectivity index (χ1) is 10.1. The fourth-order valence-corrected chi connectivity index (χ4v) is 1.73. The number of amides is 2. The summed E-state index contributed by atoms with van der Waals surface area (Å²) in [7, 11) is 0. The average molecular weight is 295 g/mol. The lowest BCUT2D eigenvalue weighted by Gasteiger charge is -2.13. The minimum Gasteiger partial charge on any atom is -0.432 e. The van der Waals surface area contributed by atoms with Crippen molar-refractivity contribution in [2.24, 2.45) is 0 Å². The van der Waals surface area contributed by atoms with Crippen molar-refractivity contribution in [2.75, 3.05) is 26.2 Å². The third-order valence-electron chi connectivity index (χ3n) is 2.78. The maximum atomic E-state index is 11.4. The third kappa shape index (κ3) is 4.06. The van der Waals surface area contributed by atoms with Crippen LogP contribution in [-0.4, -0.2) is 48.3 Å². The van der Waals surface area contributed by atoms with Crippen LogP contribution in [-0.2, 0) is 4.74 Å². The summed E-state index contributed by atoms with van der Waals surface area (Å²) in [5.41, 5.74) is -0.101. The SMILES string of the molecule is O=C(OCCN1CCNC1=O)Oc1ccc([N+](=O)[O-])cc1. The normalized spacial score (nSPS) is 13.7. The molecule has 0 aliphatic carbocycles. The van der Waals surface area contributed by atoms with E-state index in [0.717, 1.165) is 0 Å². The molecule has 0 saturated carbocycles. The molecule has 2 amide bonds. The van der Waals surface area contributed by atoms with Gasteiger partial charge in [0.25, 0.3) is 5.69 Å². The van der Waals surface area contributed by atoms with Crippen LogP contribution in [0.5, 0.6) is 5.75 Å². The lowest BCUT2D eigenvalue weighted by atomic mass is 10.3. The van der Waals surface area contributed by atoms with Crippen LogP contribution in [0.4, 0.5) is 15.3 Å². The van der Waals surface area contributed by atoms with Crippen molar-refractivity contribution in [3.05, 3.63) is 34.4 Å². The molecule has 0 atom stereocenters. The van der Waals surface area contributed by atoms with Gasteiger partial charge in [-0.3, -0.25) is 10.1 Å². The molecule has 0 unspecified atom stereocenters. The first kappa shape index (κ1) is 14.6. The minimum atomic E-state index is -0.927. The Bertz CT molecular complexity index is 544. The first-order valence-electron chi connectivity index (χ1n) is 6.18. The van der Waals surface area contributed by atoms with Crippen molar-refractivity contribution in [1.82, 2.24) is 10.2 Å². The summed E-state index contributed by atoms with van der Waals surface area (Å²) in [5.74, 6) is 0.143. The first-order valence-corrected chi connectivity index (χ1v) is 6.18. The van der Waals surface area contributed by atoms with Crippen molar-refractivity contribution in [3.63, 3.8) is 0 Å². The Morgan fingerprint density at radius 3 is 2.67 bits per heavy atom. The molecule has 0 spiro atoms. The molecule has 0 radical (unpaired) electrons. The van der Waals surface area contributed by atoms with Gasteiger partial charge in [0, 0.05) is 25.2 Å². The summed E-state index contributed by atoms with van der Waals surface area (Å²) in [6, 6.07) is 4.84. The smallest absolute Gasteiger partial charge is 0.432 e. The Morgan fingerprint density at radius 2 is 2.10 bits per heavy atom. The third-order valence-corrected chi connectivity index (χ3v) is 2.78. The van der Waals surface area contributed by atoms with E-state index in [0.29, 0.717) is 13.1 Å². The van der Waals surface area contributed by atoms with Crippen molar-refractivity contribution in [1.29, 1.82) is 0 Å². The van der Waals surface area contributed by atoms with Gasteiger partial charge in [-0.05, 0) is 12.1 Å². The van der Waals surface area contributed by atoms with Crippen molar-refractivity contribution < 1.29 is 24.0 Å².